The van der Waals surface area contributed by atoms with Crippen molar-refractivity contribution in [2.75, 3.05) is 5.32 Å². The smallest absolute Gasteiger partial charge is 0.314 e. The first-order chi connectivity index (χ1) is 13.1. The van der Waals surface area contributed by atoms with E-state index in [0.717, 1.165) is 38.9 Å². The number of carbonyl (C=O) groups excluding carboxylic acids is 2. The van der Waals surface area contributed by atoms with Crippen LogP contribution < -0.4 is 10.6 Å². The molecule has 0 bridgehead atoms. The Morgan fingerprint density at radius 1 is 1.15 bits per heavy atom. The average Bonchev–Trinajstić information content (AvgIpc) is 3.39. The van der Waals surface area contributed by atoms with Crippen molar-refractivity contribution in [2.45, 2.75) is 25.0 Å². The van der Waals surface area contributed by atoms with E-state index in [2.05, 4.69) is 15.7 Å². The minimum atomic E-state index is -0.681. The van der Waals surface area contributed by atoms with Crippen molar-refractivity contribution in [1.82, 2.24) is 15.1 Å². The Labute approximate surface area is 165 Å². The zero-order valence-corrected chi connectivity index (χ0v) is 16.3. The van der Waals surface area contributed by atoms with Gasteiger partial charge in [0.1, 0.15) is 5.82 Å². The normalized spacial score (nSPS) is 12.6. The van der Waals surface area contributed by atoms with Gasteiger partial charge < -0.3 is 10.6 Å². The van der Waals surface area contributed by atoms with Crippen molar-refractivity contribution in [3.8, 4) is 5.69 Å². The molecule has 1 aliphatic heterocycles. The summed E-state index contributed by atoms with van der Waals surface area (Å²) in [4.78, 5) is 25.6. The number of carbonyl (C=O) groups is 2. The summed E-state index contributed by atoms with van der Waals surface area (Å²) in [7, 11) is 0. The third-order valence-electron chi connectivity index (χ3n) is 4.27. The predicted molar refractivity (Wildman–Crippen MR) is 108 cm³/mol. The number of nitrogens with zero attached hydrogens (tertiary/aromatic N) is 2. The number of benzene rings is 1. The second-order valence-electron chi connectivity index (χ2n) is 6.23. The van der Waals surface area contributed by atoms with E-state index < -0.39 is 11.8 Å². The second-order valence-corrected chi connectivity index (χ2v) is 8.25. The maximum absolute atomic E-state index is 12.4. The number of anilines is 1. The van der Waals surface area contributed by atoms with Gasteiger partial charge in [-0.1, -0.05) is 23.8 Å². The number of hydrogen-bond donors (Lipinski definition) is 2. The summed E-state index contributed by atoms with van der Waals surface area (Å²) in [6, 6.07) is 11.7. The zero-order chi connectivity index (χ0) is 18.8. The van der Waals surface area contributed by atoms with Gasteiger partial charge >= 0.3 is 11.8 Å². The van der Waals surface area contributed by atoms with Crippen LogP contribution in [0.25, 0.3) is 5.69 Å². The highest BCUT2D eigenvalue weighted by Gasteiger charge is 2.26. The molecule has 0 saturated carbocycles. The Balaban J connectivity index is 1.54. The Bertz CT molecular complexity index is 978. The molecule has 8 heteroatoms. The Morgan fingerprint density at radius 3 is 2.70 bits per heavy atom. The number of nitrogens with one attached hydrogen (secondary N) is 2. The van der Waals surface area contributed by atoms with Crippen LogP contribution in [0.5, 0.6) is 0 Å². The molecular weight excluding hydrogens is 380 g/mol. The van der Waals surface area contributed by atoms with Gasteiger partial charge in [0.15, 0.2) is 0 Å². The number of aryl methyl sites for hydroxylation is 1. The fourth-order valence-electron chi connectivity index (χ4n) is 2.84. The van der Waals surface area contributed by atoms with E-state index in [1.54, 1.807) is 16.4 Å². The molecule has 0 atom stereocenters. The van der Waals surface area contributed by atoms with Crippen LogP contribution in [-0.2, 0) is 27.6 Å². The molecule has 138 valence electrons. The highest BCUT2D eigenvalue weighted by molar-refractivity contribution is 7.98. The number of amides is 2. The van der Waals surface area contributed by atoms with E-state index in [1.807, 2.05) is 48.7 Å². The van der Waals surface area contributed by atoms with Gasteiger partial charge in [-0.2, -0.15) is 16.9 Å². The number of thioether (sulfide) groups is 1. The lowest BCUT2D eigenvalue weighted by atomic mass is 10.2. The van der Waals surface area contributed by atoms with Crippen LogP contribution in [0.3, 0.4) is 0 Å². The summed E-state index contributed by atoms with van der Waals surface area (Å²) in [5, 5.41) is 12.0. The molecule has 1 aromatic carbocycles. The molecule has 27 heavy (non-hydrogen) atoms. The van der Waals surface area contributed by atoms with Crippen LogP contribution in [0, 0.1) is 6.92 Å². The first-order valence-corrected chi connectivity index (χ1v) is 10.5. The van der Waals surface area contributed by atoms with Gasteiger partial charge in [-0.15, -0.1) is 11.3 Å². The molecular formula is C19H18N4O2S2. The molecule has 0 unspecified atom stereocenters. The topological polar surface area (TPSA) is 76.0 Å². The van der Waals surface area contributed by atoms with Crippen LogP contribution in [-0.4, -0.2) is 21.6 Å². The van der Waals surface area contributed by atoms with E-state index in [-0.39, 0.29) is 0 Å². The van der Waals surface area contributed by atoms with E-state index in [0.29, 0.717) is 12.4 Å². The first kappa shape index (κ1) is 17.8. The summed E-state index contributed by atoms with van der Waals surface area (Å²) < 4.78 is 1.72. The molecule has 0 fully saturated rings. The summed E-state index contributed by atoms with van der Waals surface area (Å²) >= 11 is 3.28. The van der Waals surface area contributed by atoms with Gasteiger partial charge in [-0.3, -0.25) is 9.59 Å². The van der Waals surface area contributed by atoms with Crippen molar-refractivity contribution in [1.29, 1.82) is 0 Å². The van der Waals surface area contributed by atoms with Gasteiger partial charge in [0.25, 0.3) is 0 Å². The summed E-state index contributed by atoms with van der Waals surface area (Å²) in [6.07, 6.45) is 0. The molecule has 0 radical (unpaired) electrons. The highest BCUT2D eigenvalue weighted by Crippen LogP contribution is 2.36. The minimum Gasteiger partial charge on any atom is -0.343 e. The first-order valence-electron chi connectivity index (χ1n) is 8.49. The molecule has 4 rings (SSSR count). The van der Waals surface area contributed by atoms with E-state index in [1.165, 1.54) is 11.3 Å². The fourth-order valence-corrected chi connectivity index (χ4v) is 4.52. The van der Waals surface area contributed by atoms with Crippen molar-refractivity contribution in [2.24, 2.45) is 0 Å². The quantitative estimate of drug-likeness (QED) is 0.662. The lowest BCUT2D eigenvalue weighted by Gasteiger charge is -2.11. The van der Waals surface area contributed by atoms with Crippen LogP contribution in [0.15, 0.2) is 41.8 Å². The van der Waals surface area contributed by atoms with Gasteiger partial charge in [0.05, 0.1) is 17.9 Å². The van der Waals surface area contributed by atoms with Crippen LogP contribution >= 0.6 is 23.1 Å². The molecule has 1 aliphatic rings. The molecule has 3 aromatic rings. The maximum Gasteiger partial charge on any atom is 0.314 e. The van der Waals surface area contributed by atoms with Crippen LogP contribution in [0.4, 0.5) is 5.82 Å². The Kier molecular flexibility index (Phi) is 5.00. The van der Waals surface area contributed by atoms with Gasteiger partial charge in [-0.25, -0.2) is 4.68 Å². The average molecular weight is 399 g/mol. The largest absolute Gasteiger partial charge is 0.343 e. The number of fused-ring (bicyclic) bond motifs is 1. The molecule has 0 spiro atoms. The predicted octanol–water partition coefficient (Wildman–Crippen LogP) is 3.24. The standard InChI is InChI=1S/C19H18N4O2S2/c1-12-4-6-13(7-5-12)23-17(15-10-26-11-16(15)22-23)21-19(25)18(24)20-9-14-3-2-8-27-14/h2-8H,9-11H2,1H3,(H,20,24)(H,21,25). The third-order valence-corrected chi connectivity index (χ3v) is 6.12. The molecule has 3 heterocycles. The van der Waals surface area contributed by atoms with Gasteiger partial charge in [0, 0.05) is 21.9 Å². The van der Waals surface area contributed by atoms with Crippen molar-refractivity contribution >= 4 is 40.7 Å². The van der Waals surface area contributed by atoms with Crippen molar-refractivity contribution in [3.05, 3.63) is 63.5 Å². The maximum atomic E-state index is 12.4. The van der Waals surface area contributed by atoms with Crippen molar-refractivity contribution < 1.29 is 9.59 Å². The number of rotatable bonds is 4. The molecule has 0 aliphatic carbocycles. The minimum absolute atomic E-state index is 0.342. The number of hydrogen-bond acceptors (Lipinski definition) is 5. The Hall–Kier alpha value is -2.58. The molecule has 2 amide bonds. The molecule has 6 nitrogen and oxygen atoms in total. The number of aromatic nitrogens is 2. The van der Waals surface area contributed by atoms with Crippen LogP contribution in [0.1, 0.15) is 21.7 Å². The summed E-state index contributed by atoms with van der Waals surface area (Å²) in [5.41, 5.74) is 3.94. The third kappa shape index (κ3) is 3.77. The zero-order valence-electron chi connectivity index (χ0n) is 14.7. The molecule has 0 saturated heterocycles. The SMILES string of the molecule is Cc1ccc(-n2nc3c(c2NC(=O)C(=O)NCc2cccs2)CSC3)cc1. The van der Waals surface area contributed by atoms with Crippen molar-refractivity contribution in [3.63, 3.8) is 0 Å². The van der Waals surface area contributed by atoms with Gasteiger partial charge in [0.2, 0.25) is 0 Å². The monoisotopic (exact) mass is 398 g/mol. The second kappa shape index (κ2) is 7.58. The summed E-state index contributed by atoms with van der Waals surface area (Å²) in [6.45, 7) is 2.36. The number of thiophene rings is 1. The van der Waals surface area contributed by atoms with Crippen LogP contribution in [0.2, 0.25) is 0 Å². The van der Waals surface area contributed by atoms with Gasteiger partial charge in [-0.05, 0) is 30.5 Å². The highest BCUT2D eigenvalue weighted by atomic mass is 32.2. The van der Waals surface area contributed by atoms with E-state index >= 15 is 0 Å². The molecule has 2 aromatic heterocycles. The summed E-state index contributed by atoms with van der Waals surface area (Å²) in [5.74, 6) is 0.823. The fraction of sp³-hybridized carbons (Fsp3) is 0.211. The molecule has 2 N–H and O–H groups in total. The van der Waals surface area contributed by atoms with E-state index in [4.69, 9.17) is 0 Å². The van der Waals surface area contributed by atoms with E-state index in [9.17, 15) is 9.59 Å². The lowest BCUT2D eigenvalue weighted by Crippen LogP contribution is -2.35. The lowest BCUT2D eigenvalue weighted by molar-refractivity contribution is -0.136. The Morgan fingerprint density at radius 2 is 1.96 bits per heavy atom.